The Bertz CT molecular complexity index is 1280. The molecule has 38 heavy (non-hydrogen) atoms. The average Bonchev–Trinajstić information content (AvgIpc) is 3.00. The van der Waals surface area contributed by atoms with Gasteiger partial charge in [-0.3, -0.25) is 14.4 Å². The Morgan fingerprint density at radius 2 is 1.55 bits per heavy atom. The van der Waals surface area contributed by atoms with Crippen molar-refractivity contribution in [3.8, 4) is 0 Å². The molecule has 1 heterocycles. The van der Waals surface area contributed by atoms with Crippen LogP contribution in [0.1, 0.15) is 55.3 Å². The molecule has 3 aromatic carbocycles. The zero-order valence-corrected chi connectivity index (χ0v) is 21.3. The number of amides is 3. The second kappa shape index (κ2) is 11.5. The van der Waals surface area contributed by atoms with E-state index in [9.17, 15) is 23.2 Å². The van der Waals surface area contributed by atoms with Crippen molar-refractivity contribution in [2.75, 3.05) is 0 Å². The summed E-state index contributed by atoms with van der Waals surface area (Å²) < 4.78 is 26.9. The predicted octanol–water partition coefficient (Wildman–Crippen LogP) is 4.32. The number of carbonyl (C=O) groups is 3. The number of rotatable bonds is 7. The van der Waals surface area contributed by atoms with Crippen LogP contribution in [0.4, 0.5) is 8.78 Å². The minimum atomic E-state index is -1.24. The van der Waals surface area contributed by atoms with E-state index >= 15 is 0 Å². The molecule has 4 rings (SSSR count). The molecule has 0 bridgehead atoms. The molecule has 0 radical (unpaired) electrons. The summed E-state index contributed by atoms with van der Waals surface area (Å²) in [6.45, 7) is 3.19. The molecule has 1 saturated heterocycles. The molecule has 3 amide bonds. The first-order valence-corrected chi connectivity index (χ1v) is 12.6. The highest BCUT2D eigenvalue weighted by Crippen LogP contribution is 2.38. The summed E-state index contributed by atoms with van der Waals surface area (Å²) in [6.07, 6.45) is 0.724. The third kappa shape index (κ3) is 6.62. The fourth-order valence-corrected chi connectivity index (χ4v) is 4.96. The Morgan fingerprint density at radius 3 is 2.16 bits per heavy atom. The molecule has 1 aliphatic heterocycles. The Kier molecular flexibility index (Phi) is 8.20. The summed E-state index contributed by atoms with van der Waals surface area (Å²) in [5, 5.41) is 8.51. The number of benzene rings is 3. The van der Waals surface area contributed by atoms with Gasteiger partial charge in [0.15, 0.2) is 0 Å². The van der Waals surface area contributed by atoms with E-state index < -0.39 is 35.0 Å². The van der Waals surface area contributed by atoms with Gasteiger partial charge in [-0.05, 0) is 61.4 Å². The Balaban J connectivity index is 1.49. The lowest BCUT2D eigenvalue weighted by molar-refractivity contribution is -0.135. The van der Waals surface area contributed by atoms with Crippen LogP contribution in [-0.2, 0) is 20.8 Å². The molecule has 6 nitrogen and oxygen atoms in total. The van der Waals surface area contributed by atoms with Gasteiger partial charge in [-0.15, -0.1) is 0 Å². The smallest absolute Gasteiger partial charge is 0.245 e. The summed E-state index contributed by atoms with van der Waals surface area (Å²) >= 11 is 0. The van der Waals surface area contributed by atoms with Crippen LogP contribution in [0.3, 0.4) is 0 Å². The zero-order valence-electron chi connectivity index (χ0n) is 21.3. The summed E-state index contributed by atoms with van der Waals surface area (Å²) in [6, 6.07) is 21.2. The van der Waals surface area contributed by atoms with Crippen LogP contribution in [0.25, 0.3) is 0 Å². The van der Waals surface area contributed by atoms with Gasteiger partial charge >= 0.3 is 0 Å². The predicted molar refractivity (Wildman–Crippen MR) is 140 cm³/mol. The van der Waals surface area contributed by atoms with Gasteiger partial charge in [-0.1, -0.05) is 60.7 Å². The van der Waals surface area contributed by atoms with E-state index in [1.807, 2.05) is 60.7 Å². The molecule has 0 spiro atoms. The minimum absolute atomic E-state index is 0.0292. The van der Waals surface area contributed by atoms with Gasteiger partial charge in [-0.2, -0.15) is 0 Å². The maximum absolute atomic E-state index is 13.5. The molecule has 0 unspecified atom stereocenters. The maximum atomic E-state index is 13.5. The number of hydrogen-bond acceptors (Lipinski definition) is 3. The molecular formula is C30H31F2N3O3. The molecular weight excluding hydrogens is 488 g/mol. The van der Waals surface area contributed by atoms with E-state index in [4.69, 9.17) is 0 Å². The van der Waals surface area contributed by atoms with Crippen LogP contribution in [0, 0.1) is 11.6 Å². The third-order valence-electron chi connectivity index (χ3n) is 6.91. The third-order valence-corrected chi connectivity index (χ3v) is 6.91. The van der Waals surface area contributed by atoms with Crippen LogP contribution in [-0.4, -0.2) is 29.3 Å². The van der Waals surface area contributed by atoms with E-state index in [1.165, 1.54) is 6.92 Å². The lowest BCUT2D eigenvalue weighted by Gasteiger charge is -2.31. The van der Waals surface area contributed by atoms with Gasteiger partial charge in [0, 0.05) is 6.07 Å². The van der Waals surface area contributed by atoms with E-state index in [0.717, 1.165) is 29.3 Å². The van der Waals surface area contributed by atoms with Crippen molar-refractivity contribution in [1.29, 1.82) is 0 Å². The first kappa shape index (κ1) is 27.0. The monoisotopic (exact) mass is 519 g/mol. The van der Waals surface area contributed by atoms with Crippen molar-refractivity contribution in [3.05, 3.63) is 107 Å². The largest absolute Gasteiger partial charge is 0.347 e. The second-order valence-electron chi connectivity index (χ2n) is 10.0. The van der Waals surface area contributed by atoms with Crippen LogP contribution < -0.4 is 16.0 Å². The van der Waals surface area contributed by atoms with E-state index in [0.29, 0.717) is 12.8 Å². The normalized spacial score (nSPS) is 22.1. The highest BCUT2D eigenvalue weighted by atomic mass is 19.1. The molecule has 0 aliphatic carbocycles. The van der Waals surface area contributed by atoms with Gasteiger partial charge in [-0.25, -0.2) is 8.78 Å². The molecule has 4 atom stereocenters. The van der Waals surface area contributed by atoms with E-state index in [2.05, 4.69) is 16.0 Å². The summed E-state index contributed by atoms with van der Waals surface area (Å²) in [4.78, 5) is 39.1. The van der Waals surface area contributed by atoms with Crippen molar-refractivity contribution in [1.82, 2.24) is 16.0 Å². The summed E-state index contributed by atoms with van der Waals surface area (Å²) in [7, 11) is 0. The fourth-order valence-electron chi connectivity index (χ4n) is 4.96. The second-order valence-corrected chi connectivity index (χ2v) is 10.0. The van der Waals surface area contributed by atoms with E-state index in [-0.39, 0.29) is 29.9 Å². The van der Waals surface area contributed by atoms with Crippen molar-refractivity contribution in [3.63, 3.8) is 0 Å². The molecule has 198 valence electrons. The maximum Gasteiger partial charge on any atom is 0.245 e. The molecule has 8 heteroatoms. The Labute approximate surface area is 220 Å². The van der Waals surface area contributed by atoms with Gasteiger partial charge in [0.1, 0.15) is 23.2 Å². The number of nitrogens with one attached hydrogen (secondary N) is 3. The lowest BCUT2D eigenvalue weighted by Crippen LogP contribution is -2.60. The van der Waals surface area contributed by atoms with Gasteiger partial charge in [0.05, 0.1) is 12.5 Å². The molecule has 3 aromatic rings. The van der Waals surface area contributed by atoms with Crippen molar-refractivity contribution in [2.45, 2.75) is 56.7 Å². The number of halogens is 2. The van der Waals surface area contributed by atoms with Gasteiger partial charge in [0.25, 0.3) is 0 Å². The standard InChI is InChI=1S/C30H31F2N3O3/c1-19(33-27(36)15-20-13-24(31)17-25(32)14-20)28(37)35-30(2)18-23(21-9-5-3-6-10-21)16-26(34-29(30)38)22-11-7-4-8-12-22/h3-14,17,19,23,26H,15-16,18H2,1-2H3,(H,33,36)(H,34,38)(H,35,37)/t19-,23-,26-,30-/m0/s1. The zero-order chi connectivity index (χ0) is 27.3. The van der Waals surface area contributed by atoms with Gasteiger partial charge in [0.2, 0.25) is 17.7 Å². The molecule has 1 aliphatic rings. The number of hydrogen-bond donors (Lipinski definition) is 3. The van der Waals surface area contributed by atoms with Crippen LogP contribution >= 0.6 is 0 Å². The first-order chi connectivity index (χ1) is 18.1. The van der Waals surface area contributed by atoms with E-state index in [1.54, 1.807) is 6.92 Å². The number of carbonyl (C=O) groups excluding carboxylic acids is 3. The van der Waals surface area contributed by atoms with Crippen molar-refractivity contribution < 1.29 is 23.2 Å². The molecule has 1 fully saturated rings. The van der Waals surface area contributed by atoms with Crippen LogP contribution in [0.2, 0.25) is 0 Å². The van der Waals surface area contributed by atoms with Gasteiger partial charge < -0.3 is 16.0 Å². The Hall–Kier alpha value is -4.07. The van der Waals surface area contributed by atoms with Crippen molar-refractivity contribution in [2.24, 2.45) is 0 Å². The van der Waals surface area contributed by atoms with Crippen LogP contribution in [0.5, 0.6) is 0 Å². The lowest BCUT2D eigenvalue weighted by atomic mass is 9.82. The first-order valence-electron chi connectivity index (χ1n) is 12.6. The summed E-state index contributed by atoms with van der Waals surface area (Å²) in [5.41, 5.74) is 0.951. The Morgan fingerprint density at radius 1 is 0.974 bits per heavy atom. The minimum Gasteiger partial charge on any atom is -0.347 e. The molecule has 0 saturated carbocycles. The molecule has 3 N–H and O–H groups in total. The summed E-state index contributed by atoms with van der Waals surface area (Å²) in [5.74, 6) is -3.02. The quantitative estimate of drug-likeness (QED) is 0.435. The van der Waals surface area contributed by atoms with Crippen LogP contribution in [0.15, 0.2) is 78.9 Å². The average molecular weight is 520 g/mol. The molecule has 0 aromatic heterocycles. The highest BCUT2D eigenvalue weighted by Gasteiger charge is 2.43. The highest BCUT2D eigenvalue weighted by molar-refractivity contribution is 5.94. The van der Waals surface area contributed by atoms with Crippen molar-refractivity contribution >= 4 is 17.7 Å². The fraction of sp³-hybridized carbons (Fsp3) is 0.300. The topological polar surface area (TPSA) is 87.3 Å². The SMILES string of the molecule is C[C@H](NC(=O)Cc1cc(F)cc(F)c1)C(=O)N[C@@]1(C)C[C@@H](c2ccccc2)C[C@@H](c2ccccc2)NC1=O.